The molecule has 1 saturated carbocycles. The summed E-state index contributed by atoms with van der Waals surface area (Å²) in [4.78, 5) is 28.7. The Kier molecular flexibility index (Phi) is 3.00. The summed E-state index contributed by atoms with van der Waals surface area (Å²) in [6, 6.07) is 14.2. The van der Waals surface area contributed by atoms with Crippen LogP contribution in [0.3, 0.4) is 0 Å². The molecule has 2 fully saturated rings. The second kappa shape index (κ2) is 4.83. The first-order valence-corrected chi connectivity index (χ1v) is 7.92. The Hall–Kier alpha value is -2.33. The molecule has 1 aliphatic carbocycles. The Morgan fingerprint density at radius 1 is 0.913 bits per heavy atom. The third kappa shape index (κ3) is 2.05. The average Bonchev–Trinajstić information content (AvgIpc) is 3.29. The van der Waals surface area contributed by atoms with Crippen molar-refractivity contribution in [2.75, 3.05) is 9.80 Å². The molecule has 1 spiro atoms. The van der Waals surface area contributed by atoms with Gasteiger partial charge in [-0.1, -0.05) is 29.3 Å². The lowest BCUT2D eigenvalue weighted by Gasteiger charge is -2.21. The molecule has 2 aromatic carbocycles. The molecule has 0 atom stereocenters. The first-order valence-electron chi connectivity index (χ1n) is 7.54. The Labute approximate surface area is 139 Å². The van der Waals surface area contributed by atoms with Gasteiger partial charge in [0.05, 0.1) is 5.69 Å². The van der Waals surface area contributed by atoms with E-state index in [2.05, 4.69) is 0 Å². The van der Waals surface area contributed by atoms with Crippen molar-refractivity contribution in [1.29, 1.82) is 0 Å². The lowest BCUT2D eigenvalue weighted by molar-refractivity contribution is -0.118. The summed E-state index contributed by atoms with van der Waals surface area (Å²) in [5, 5.41) is 0.604. The minimum atomic E-state index is -0.713. The number of benzene rings is 2. The third-order valence-corrected chi connectivity index (χ3v) is 4.76. The number of carbonyl (C=O) groups is 2. The Balaban J connectivity index is 1.77. The molecule has 116 valence electrons. The predicted octanol–water partition coefficient (Wildman–Crippen LogP) is 4.15. The van der Waals surface area contributed by atoms with Gasteiger partial charge >= 0.3 is 6.03 Å². The van der Waals surface area contributed by atoms with Crippen LogP contribution in [0.1, 0.15) is 18.4 Å². The molecular weight excluding hydrogens is 312 g/mol. The zero-order valence-electron chi connectivity index (χ0n) is 12.6. The zero-order chi connectivity index (χ0) is 16.2. The number of halogens is 1. The molecule has 0 unspecified atom stereocenters. The highest BCUT2D eigenvalue weighted by Crippen LogP contribution is 2.51. The van der Waals surface area contributed by atoms with Gasteiger partial charge in [0.25, 0.3) is 5.91 Å². The molecule has 2 aromatic rings. The molecule has 1 heterocycles. The summed E-state index contributed by atoms with van der Waals surface area (Å²) in [6.45, 7) is 1.97. The summed E-state index contributed by atoms with van der Waals surface area (Å²) in [5.41, 5.74) is 1.70. The SMILES string of the molecule is Cc1ccc(N2C(=O)N(c3ccc(Cl)cc3)C3(CC3)C2=O)cc1. The smallest absolute Gasteiger partial charge is 0.278 e. The highest BCUT2D eigenvalue weighted by atomic mass is 35.5. The maximum Gasteiger partial charge on any atom is 0.336 e. The van der Waals surface area contributed by atoms with Crippen LogP contribution < -0.4 is 9.80 Å². The molecule has 0 radical (unpaired) electrons. The highest BCUT2D eigenvalue weighted by molar-refractivity contribution is 6.32. The first-order chi connectivity index (χ1) is 11.0. The van der Waals surface area contributed by atoms with E-state index in [1.807, 2.05) is 31.2 Å². The molecule has 0 aromatic heterocycles. The number of urea groups is 1. The molecule has 4 nitrogen and oxygen atoms in total. The summed E-state index contributed by atoms with van der Waals surface area (Å²) >= 11 is 5.93. The minimum absolute atomic E-state index is 0.138. The molecule has 0 N–H and O–H groups in total. The van der Waals surface area contributed by atoms with Crippen molar-refractivity contribution in [2.24, 2.45) is 0 Å². The van der Waals surface area contributed by atoms with Gasteiger partial charge in [-0.2, -0.15) is 0 Å². The lowest BCUT2D eigenvalue weighted by atomic mass is 10.2. The van der Waals surface area contributed by atoms with Crippen LogP contribution in [0, 0.1) is 6.92 Å². The van der Waals surface area contributed by atoms with Gasteiger partial charge in [0.2, 0.25) is 0 Å². The van der Waals surface area contributed by atoms with Crippen molar-refractivity contribution in [2.45, 2.75) is 25.3 Å². The van der Waals surface area contributed by atoms with Gasteiger partial charge in [-0.3, -0.25) is 9.69 Å². The summed E-state index contributed by atoms with van der Waals surface area (Å²) < 4.78 is 0. The molecule has 4 rings (SSSR count). The second-order valence-electron chi connectivity index (χ2n) is 6.10. The van der Waals surface area contributed by atoms with Crippen molar-refractivity contribution < 1.29 is 9.59 Å². The number of aryl methyl sites for hydroxylation is 1. The summed E-state index contributed by atoms with van der Waals surface area (Å²) in [7, 11) is 0. The number of anilines is 2. The Morgan fingerprint density at radius 2 is 1.48 bits per heavy atom. The number of carbonyl (C=O) groups excluding carboxylic acids is 2. The molecule has 1 saturated heterocycles. The van der Waals surface area contributed by atoms with E-state index < -0.39 is 5.54 Å². The molecule has 23 heavy (non-hydrogen) atoms. The number of rotatable bonds is 2. The second-order valence-corrected chi connectivity index (χ2v) is 6.54. The van der Waals surface area contributed by atoms with Crippen LogP contribution in [0.4, 0.5) is 16.2 Å². The number of nitrogens with zero attached hydrogens (tertiary/aromatic N) is 2. The summed E-state index contributed by atoms with van der Waals surface area (Å²) in [6.07, 6.45) is 1.39. The predicted molar refractivity (Wildman–Crippen MR) is 90.0 cm³/mol. The Bertz CT molecular complexity index is 795. The van der Waals surface area contributed by atoms with E-state index >= 15 is 0 Å². The monoisotopic (exact) mass is 326 g/mol. The Morgan fingerprint density at radius 3 is 2.04 bits per heavy atom. The number of hydrogen-bond donors (Lipinski definition) is 0. The van der Waals surface area contributed by atoms with Crippen LogP contribution in [0.2, 0.25) is 5.02 Å². The van der Waals surface area contributed by atoms with Crippen LogP contribution in [-0.2, 0) is 4.79 Å². The largest absolute Gasteiger partial charge is 0.336 e. The maximum atomic E-state index is 12.9. The fourth-order valence-corrected chi connectivity index (χ4v) is 3.22. The van der Waals surface area contributed by atoms with E-state index in [1.165, 1.54) is 4.90 Å². The van der Waals surface area contributed by atoms with Gasteiger partial charge in [0, 0.05) is 10.7 Å². The van der Waals surface area contributed by atoms with Gasteiger partial charge in [0.15, 0.2) is 0 Å². The van der Waals surface area contributed by atoms with Gasteiger partial charge in [-0.25, -0.2) is 9.69 Å². The fourth-order valence-electron chi connectivity index (χ4n) is 3.10. The van der Waals surface area contributed by atoms with E-state index in [-0.39, 0.29) is 11.9 Å². The lowest BCUT2D eigenvalue weighted by Crippen LogP contribution is -2.37. The van der Waals surface area contributed by atoms with Crippen LogP contribution in [0.5, 0.6) is 0 Å². The van der Waals surface area contributed by atoms with Crippen molar-refractivity contribution in [3.05, 3.63) is 59.1 Å². The van der Waals surface area contributed by atoms with E-state index in [4.69, 9.17) is 11.6 Å². The normalized spacial score (nSPS) is 18.9. The highest BCUT2D eigenvalue weighted by Gasteiger charge is 2.65. The van der Waals surface area contributed by atoms with Crippen molar-refractivity contribution in [1.82, 2.24) is 0 Å². The van der Waals surface area contributed by atoms with E-state index in [1.54, 1.807) is 29.2 Å². The van der Waals surface area contributed by atoms with E-state index in [0.717, 1.165) is 5.56 Å². The van der Waals surface area contributed by atoms with Crippen molar-refractivity contribution in [3.63, 3.8) is 0 Å². The molecule has 0 bridgehead atoms. The van der Waals surface area contributed by atoms with E-state index in [9.17, 15) is 9.59 Å². The van der Waals surface area contributed by atoms with Gasteiger partial charge in [-0.15, -0.1) is 0 Å². The van der Waals surface area contributed by atoms with Crippen molar-refractivity contribution >= 4 is 34.9 Å². The first kappa shape index (κ1) is 14.3. The maximum absolute atomic E-state index is 12.9. The fraction of sp³-hybridized carbons (Fsp3) is 0.222. The summed E-state index contributed by atoms with van der Waals surface area (Å²) in [5.74, 6) is -0.138. The number of hydrogen-bond acceptors (Lipinski definition) is 2. The van der Waals surface area contributed by atoms with Gasteiger partial charge in [0.1, 0.15) is 5.54 Å². The topological polar surface area (TPSA) is 40.6 Å². The van der Waals surface area contributed by atoms with Gasteiger partial charge < -0.3 is 0 Å². The van der Waals surface area contributed by atoms with Crippen LogP contribution in [0.15, 0.2) is 48.5 Å². The molecule has 5 heteroatoms. The van der Waals surface area contributed by atoms with Crippen LogP contribution in [-0.4, -0.2) is 17.5 Å². The third-order valence-electron chi connectivity index (χ3n) is 4.51. The average molecular weight is 327 g/mol. The van der Waals surface area contributed by atoms with Gasteiger partial charge in [-0.05, 0) is 56.2 Å². The van der Waals surface area contributed by atoms with E-state index in [0.29, 0.717) is 29.2 Å². The van der Waals surface area contributed by atoms with Crippen molar-refractivity contribution in [3.8, 4) is 0 Å². The molecular formula is C18H15ClN2O2. The standard InChI is InChI=1S/C18H15ClN2O2/c1-12-2-6-14(7-3-12)20-16(22)18(10-11-18)21(17(20)23)15-8-4-13(19)5-9-15/h2-9H,10-11H2,1H3. The molecule has 1 aliphatic heterocycles. The quantitative estimate of drug-likeness (QED) is 0.778. The minimum Gasteiger partial charge on any atom is -0.278 e. The number of imide groups is 1. The van der Waals surface area contributed by atoms with Crippen LogP contribution >= 0.6 is 11.6 Å². The molecule has 3 amide bonds. The zero-order valence-corrected chi connectivity index (χ0v) is 13.4. The van der Waals surface area contributed by atoms with Crippen LogP contribution in [0.25, 0.3) is 0 Å². The number of amides is 3. The molecule has 2 aliphatic rings.